The van der Waals surface area contributed by atoms with E-state index in [1.54, 1.807) is 32.3 Å². The predicted molar refractivity (Wildman–Crippen MR) is 160 cm³/mol. The molecule has 0 spiro atoms. The zero-order valence-electron chi connectivity index (χ0n) is 24.1. The van der Waals surface area contributed by atoms with Crippen LogP contribution in [0.3, 0.4) is 0 Å². The zero-order valence-corrected chi connectivity index (χ0v) is 26.5. The van der Waals surface area contributed by atoms with Gasteiger partial charge in [0.2, 0.25) is 0 Å². The van der Waals surface area contributed by atoms with E-state index in [1.165, 1.54) is 23.5 Å². The SMILES string of the molecule is CC(C)(C)OC(=O)N(C1C[C@H]2COC[C@@H](C1)N2CC1=C(C(=O)O)[C@H](c2ccc(F)cc2Cl)N=C(c2nccs2)N1)S(N)(=O)=O. The number of ether oxygens (including phenoxy) is 2. The Balaban J connectivity index is 1.49. The third-order valence-electron chi connectivity index (χ3n) is 7.42. The number of amides is 1. The first kappa shape index (κ1) is 32.2. The molecule has 5 rings (SSSR count). The number of benzene rings is 1. The normalized spacial score (nSPS) is 24.4. The molecule has 0 aliphatic carbocycles. The summed E-state index contributed by atoms with van der Waals surface area (Å²) >= 11 is 7.69. The van der Waals surface area contributed by atoms with Crippen molar-refractivity contribution in [2.24, 2.45) is 10.1 Å². The minimum atomic E-state index is -4.47. The number of morpholine rings is 1. The summed E-state index contributed by atoms with van der Waals surface area (Å²) in [5.74, 6) is -1.50. The van der Waals surface area contributed by atoms with Gasteiger partial charge >= 0.3 is 22.3 Å². The Morgan fingerprint density at radius 2 is 1.98 bits per heavy atom. The van der Waals surface area contributed by atoms with E-state index in [0.29, 0.717) is 26.4 Å². The Hall–Kier alpha value is -3.15. The third kappa shape index (κ3) is 6.89. The molecule has 3 aliphatic heterocycles. The largest absolute Gasteiger partial charge is 0.478 e. The highest BCUT2D eigenvalue weighted by molar-refractivity contribution is 7.87. The van der Waals surface area contributed by atoms with Crippen LogP contribution in [0.2, 0.25) is 5.02 Å². The second-order valence-electron chi connectivity index (χ2n) is 11.7. The molecule has 17 heteroatoms. The second-order valence-corrected chi connectivity index (χ2v) is 14.4. The molecule has 238 valence electrons. The maximum Gasteiger partial charge on any atom is 0.425 e. The van der Waals surface area contributed by atoms with Crippen molar-refractivity contribution < 1.29 is 37.0 Å². The van der Waals surface area contributed by atoms with Gasteiger partial charge < -0.3 is 19.9 Å². The number of carbonyl (C=O) groups is 2. The van der Waals surface area contributed by atoms with Crippen LogP contribution >= 0.6 is 22.9 Å². The number of fused-ring (bicyclic) bond motifs is 2. The number of carboxylic acids is 1. The number of thiazole rings is 1. The Labute approximate surface area is 262 Å². The van der Waals surface area contributed by atoms with Gasteiger partial charge in [-0.1, -0.05) is 17.7 Å². The lowest BCUT2D eigenvalue weighted by molar-refractivity contribution is -0.133. The highest BCUT2D eigenvalue weighted by atomic mass is 35.5. The van der Waals surface area contributed by atoms with Gasteiger partial charge in [-0.2, -0.15) is 12.7 Å². The summed E-state index contributed by atoms with van der Waals surface area (Å²) < 4.78 is 50.8. The molecule has 2 fully saturated rings. The van der Waals surface area contributed by atoms with Crippen LogP contribution < -0.4 is 10.5 Å². The first-order valence-electron chi connectivity index (χ1n) is 13.7. The van der Waals surface area contributed by atoms with E-state index in [1.807, 2.05) is 4.90 Å². The zero-order chi connectivity index (χ0) is 32.0. The number of aromatic nitrogens is 1. The van der Waals surface area contributed by atoms with E-state index < -0.39 is 57.9 Å². The van der Waals surface area contributed by atoms with Crippen molar-refractivity contribution in [3.05, 3.63) is 62.5 Å². The smallest absolute Gasteiger partial charge is 0.425 e. The van der Waals surface area contributed by atoms with Gasteiger partial charge in [-0.05, 0) is 45.7 Å². The van der Waals surface area contributed by atoms with Crippen molar-refractivity contribution in [2.45, 2.75) is 63.4 Å². The van der Waals surface area contributed by atoms with Crippen molar-refractivity contribution in [3.63, 3.8) is 0 Å². The molecule has 4 heterocycles. The number of aliphatic carboxylic acids is 1. The van der Waals surface area contributed by atoms with Gasteiger partial charge in [0.15, 0.2) is 10.8 Å². The molecule has 3 aliphatic rings. The summed E-state index contributed by atoms with van der Waals surface area (Å²) in [7, 11) is -4.47. The predicted octanol–water partition coefficient (Wildman–Crippen LogP) is 3.04. The number of aliphatic imine (C=N–C) groups is 1. The Morgan fingerprint density at radius 1 is 1.30 bits per heavy atom. The summed E-state index contributed by atoms with van der Waals surface area (Å²) in [6.07, 6.45) is 0.866. The summed E-state index contributed by atoms with van der Waals surface area (Å²) in [6.45, 7) is 5.37. The molecule has 1 unspecified atom stereocenters. The van der Waals surface area contributed by atoms with E-state index in [0.717, 1.165) is 6.07 Å². The van der Waals surface area contributed by atoms with Crippen LogP contribution in [0.1, 0.15) is 50.2 Å². The molecule has 1 aromatic heterocycles. The van der Waals surface area contributed by atoms with Gasteiger partial charge in [-0.25, -0.2) is 24.1 Å². The topological polar surface area (TPSA) is 177 Å². The van der Waals surface area contributed by atoms with Gasteiger partial charge in [0.05, 0.1) is 24.8 Å². The molecule has 13 nitrogen and oxygen atoms in total. The fourth-order valence-electron chi connectivity index (χ4n) is 5.73. The van der Waals surface area contributed by atoms with E-state index in [4.69, 9.17) is 26.2 Å². The molecule has 4 N–H and O–H groups in total. The lowest BCUT2D eigenvalue weighted by Gasteiger charge is -2.50. The number of nitrogens with two attached hydrogens (primary N) is 1. The van der Waals surface area contributed by atoms with Crippen LogP contribution in [0.15, 0.2) is 46.0 Å². The van der Waals surface area contributed by atoms with Gasteiger partial charge in [0.25, 0.3) is 0 Å². The highest BCUT2D eigenvalue weighted by Crippen LogP contribution is 2.38. The van der Waals surface area contributed by atoms with Gasteiger partial charge in [0.1, 0.15) is 17.5 Å². The molecule has 0 saturated carbocycles. The summed E-state index contributed by atoms with van der Waals surface area (Å²) in [4.78, 5) is 36.7. The monoisotopic (exact) mass is 670 g/mol. The first-order valence-corrected chi connectivity index (χ1v) is 16.4. The maximum absolute atomic E-state index is 13.9. The van der Waals surface area contributed by atoms with E-state index >= 15 is 0 Å². The summed E-state index contributed by atoms with van der Waals surface area (Å²) in [5, 5.41) is 21.3. The fraction of sp³-hybridized carbons (Fsp3) is 0.481. The quantitative estimate of drug-likeness (QED) is 0.397. The molecule has 2 aromatic rings. The van der Waals surface area contributed by atoms with Crippen LogP contribution in [-0.4, -0.2) is 89.1 Å². The van der Waals surface area contributed by atoms with Gasteiger partial charge in [-0.3, -0.25) is 9.89 Å². The number of hydrogen-bond acceptors (Lipinski definition) is 11. The average Bonchev–Trinajstić information content (AvgIpc) is 3.42. The molecule has 2 saturated heterocycles. The van der Waals surface area contributed by atoms with E-state index in [-0.39, 0.29) is 43.2 Å². The summed E-state index contributed by atoms with van der Waals surface area (Å²) in [5.41, 5.74) is -0.414. The Kier molecular flexibility index (Phi) is 9.04. The average molecular weight is 671 g/mol. The molecule has 0 radical (unpaired) electrons. The summed E-state index contributed by atoms with van der Waals surface area (Å²) in [6, 6.07) is 1.01. The number of nitrogens with one attached hydrogen (secondary N) is 1. The van der Waals surface area contributed by atoms with E-state index in [9.17, 15) is 27.5 Å². The number of carbonyl (C=O) groups excluding carboxylic acids is 1. The van der Waals surface area contributed by atoms with Crippen LogP contribution in [0.4, 0.5) is 9.18 Å². The molecular weight excluding hydrogens is 639 g/mol. The lowest BCUT2D eigenvalue weighted by atomic mass is 9.89. The van der Waals surface area contributed by atoms with Gasteiger partial charge in [0, 0.05) is 46.5 Å². The second kappa shape index (κ2) is 12.3. The van der Waals surface area contributed by atoms with Crippen LogP contribution in [0.5, 0.6) is 0 Å². The number of amidine groups is 1. The highest BCUT2D eigenvalue weighted by Gasteiger charge is 2.47. The minimum Gasteiger partial charge on any atom is -0.478 e. The molecule has 1 amide bonds. The van der Waals surface area contributed by atoms with Crippen LogP contribution in [-0.2, 0) is 24.5 Å². The molecular formula is C27H32ClFN6O7S2. The standard InChI is InChI=1S/C27H32ClFN6O7S2/c1-27(2,3)42-26(38)35(44(30,39)40)15-9-16-12-41-13-17(10-15)34(16)11-20-21(25(36)37)22(18-5-4-14(29)8-19(18)28)33-23(32-20)24-31-6-7-43-24/h4-8,15-17,22H,9-13H2,1-3H3,(H,32,33)(H,36,37)(H2,30,39,40)/t15?,16-,17+,22-/m0/s1. The van der Waals surface area contributed by atoms with Crippen molar-refractivity contribution in [3.8, 4) is 0 Å². The lowest BCUT2D eigenvalue weighted by Crippen LogP contribution is -2.63. The maximum atomic E-state index is 13.9. The van der Waals surface area contributed by atoms with Crippen LogP contribution in [0.25, 0.3) is 0 Å². The number of carboxylic acid groups (broad SMARTS) is 1. The number of rotatable bonds is 7. The Bertz CT molecular complexity index is 1600. The number of hydrogen-bond donors (Lipinski definition) is 3. The molecule has 1 aromatic carbocycles. The van der Waals surface area contributed by atoms with Crippen LogP contribution in [0, 0.1) is 5.82 Å². The number of halogens is 2. The molecule has 44 heavy (non-hydrogen) atoms. The van der Waals surface area contributed by atoms with Crippen molar-refractivity contribution in [1.29, 1.82) is 0 Å². The van der Waals surface area contributed by atoms with E-state index in [2.05, 4.69) is 15.3 Å². The van der Waals surface area contributed by atoms with Crippen molar-refractivity contribution in [1.82, 2.24) is 19.5 Å². The van der Waals surface area contributed by atoms with Gasteiger partial charge in [-0.15, -0.1) is 11.3 Å². The Morgan fingerprint density at radius 3 is 2.52 bits per heavy atom. The van der Waals surface area contributed by atoms with Crippen molar-refractivity contribution in [2.75, 3.05) is 19.8 Å². The molecule has 4 atom stereocenters. The number of nitrogens with zero attached hydrogens (tertiary/aromatic N) is 4. The number of piperidine rings is 1. The first-order chi connectivity index (χ1) is 20.6. The van der Waals surface area contributed by atoms with Crippen molar-refractivity contribution >= 4 is 51.0 Å². The fourth-order valence-corrected chi connectivity index (χ4v) is 7.42. The third-order valence-corrected chi connectivity index (χ3v) is 9.52. The minimum absolute atomic E-state index is 0.0218. The molecule has 2 bridgehead atoms.